The lowest BCUT2D eigenvalue weighted by Gasteiger charge is -2.22. The highest BCUT2D eigenvalue weighted by atomic mass is 32.2. The highest BCUT2D eigenvalue weighted by Gasteiger charge is 2.18. The molecule has 0 saturated carbocycles. The van der Waals surface area contributed by atoms with Crippen molar-refractivity contribution in [1.29, 1.82) is 0 Å². The van der Waals surface area contributed by atoms with Crippen LogP contribution in [0.1, 0.15) is 43.4 Å². The van der Waals surface area contributed by atoms with E-state index in [1.165, 1.54) is 10.6 Å². The Morgan fingerprint density at radius 2 is 1.57 bits per heavy atom. The van der Waals surface area contributed by atoms with Gasteiger partial charge in [0.2, 0.25) is 15.9 Å². The molecular weight excluding hydrogens is 372 g/mol. The maximum Gasteiger partial charge on any atom is 0.232 e. The molecule has 152 valence electrons. The molecule has 6 heteroatoms. The molecule has 2 aromatic carbocycles. The van der Waals surface area contributed by atoms with Gasteiger partial charge in [-0.05, 0) is 49.4 Å². The molecule has 0 radical (unpaired) electrons. The summed E-state index contributed by atoms with van der Waals surface area (Å²) in [5.41, 5.74) is 4.82. The summed E-state index contributed by atoms with van der Waals surface area (Å²) in [7, 11) is -3.41. The predicted octanol–water partition coefficient (Wildman–Crippen LogP) is 4.30. The number of anilines is 2. The molecular formula is C22H30N2O3S. The van der Waals surface area contributed by atoms with Crippen LogP contribution < -0.4 is 9.62 Å². The molecule has 1 amide bonds. The maximum atomic E-state index is 12.5. The van der Waals surface area contributed by atoms with Gasteiger partial charge in [0.15, 0.2) is 0 Å². The Morgan fingerprint density at radius 3 is 2.07 bits per heavy atom. The van der Waals surface area contributed by atoms with Crippen LogP contribution >= 0.6 is 0 Å². The highest BCUT2D eigenvalue weighted by Crippen LogP contribution is 2.23. The summed E-state index contributed by atoms with van der Waals surface area (Å²) in [5, 5.41) is 3.03. The molecule has 0 bridgehead atoms. The highest BCUT2D eigenvalue weighted by molar-refractivity contribution is 7.92. The number of aryl methyl sites for hydroxylation is 3. The third-order valence-corrected chi connectivity index (χ3v) is 5.94. The summed E-state index contributed by atoms with van der Waals surface area (Å²) >= 11 is 0. The fraction of sp³-hybridized carbons (Fsp3) is 0.409. The molecule has 0 aliphatic rings. The molecule has 0 saturated heterocycles. The van der Waals surface area contributed by atoms with E-state index < -0.39 is 10.0 Å². The minimum absolute atomic E-state index is 0.0899. The average Bonchev–Trinajstić information content (AvgIpc) is 2.65. The van der Waals surface area contributed by atoms with Crippen molar-refractivity contribution in [2.45, 2.75) is 46.5 Å². The summed E-state index contributed by atoms with van der Waals surface area (Å²) in [5.74, 6) is -0.0899. The smallest absolute Gasteiger partial charge is 0.232 e. The van der Waals surface area contributed by atoms with E-state index in [0.717, 1.165) is 35.2 Å². The number of para-hydroxylation sites is 1. The van der Waals surface area contributed by atoms with Crippen molar-refractivity contribution >= 4 is 27.3 Å². The fourth-order valence-corrected chi connectivity index (χ4v) is 4.15. The van der Waals surface area contributed by atoms with E-state index in [1.54, 1.807) is 12.1 Å². The van der Waals surface area contributed by atoms with Gasteiger partial charge in [0.1, 0.15) is 0 Å². The number of carbonyl (C=O) groups is 1. The molecule has 0 atom stereocenters. The third-order valence-electron chi connectivity index (χ3n) is 4.75. The van der Waals surface area contributed by atoms with E-state index in [1.807, 2.05) is 37.3 Å². The number of rotatable bonds is 9. The first kappa shape index (κ1) is 22.0. The van der Waals surface area contributed by atoms with Gasteiger partial charge in [-0.2, -0.15) is 0 Å². The van der Waals surface area contributed by atoms with Gasteiger partial charge in [-0.1, -0.05) is 49.7 Å². The lowest BCUT2D eigenvalue weighted by Crippen LogP contribution is -2.31. The van der Waals surface area contributed by atoms with Gasteiger partial charge in [0, 0.05) is 18.7 Å². The van der Waals surface area contributed by atoms with E-state index in [4.69, 9.17) is 0 Å². The first-order valence-corrected chi connectivity index (χ1v) is 11.6. The van der Waals surface area contributed by atoms with Crippen LogP contribution in [0.4, 0.5) is 11.4 Å². The van der Waals surface area contributed by atoms with Crippen LogP contribution in [-0.2, 0) is 27.7 Å². The average molecular weight is 403 g/mol. The van der Waals surface area contributed by atoms with Crippen LogP contribution in [0.3, 0.4) is 0 Å². The molecule has 0 unspecified atom stereocenters. The van der Waals surface area contributed by atoms with Gasteiger partial charge in [0.05, 0.1) is 11.9 Å². The van der Waals surface area contributed by atoms with E-state index in [0.29, 0.717) is 12.1 Å². The molecule has 0 aromatic heterocycles. The van der Waals surface area contributed by atoms with Crippen molar-refractivity contribution in [1.82, 2.24) is 0 Å². The van der Waals surface area contributed by atoms with Gasteiger partial charge >= 0.3 is 0 Å². The van der Waals surface area contributed by atoms with Crippen LogP contribution in [0.2, 0.25) is 0 Å². The Balaban J connectivity index is 2.03. The first-order chi connectivity index (χ1) is 13.3. The number of carbonyl (C=O) groups excluding carboxylic acids is 1. The monoisotopic (exact) mass is 402 g/mol. The molecule has 0 fully saturated rings. The number of amides is 1. The lowest BCUT2D eigenvalue weighted by atomic mass is 10.0. The third kappa shape index (κ3) is 5.83. The zero-order valence-electron chi connectivity index (χ0n) is 17.2. The van der Waals surface area contributed by atoms with E-state index >= 15 is 0 Å². The Morgan fingerprint density at radius 1 is 1.00 bits per heavy atom. The second-order valence-electron chi connectivity index (χ2n) is 6.98. The van der Waals surface area contributed by atoms with Crippen molar-refractivity contribution in [2.75, 3.05) is 22.4 Å². The molecule has 0 heterocycles. The van der Waals surface area contributed by atoms with Crippen LogP contribution in [0.25, 0.3) is 0 Å². The molecule has 0 aliphatic heterocycles. The predicted molar refractivity (Wildman–Crippen MR) is 116 cm³/mol. The lowest BCUT2D eigenvalue weighted by molar-refractivity contribution is -0.116. The summed E-state index contributed by atoms with van der Waals surface area (Å²) < 4.78 is 25.7. The van der Waals surface area contributed by atoms with Crippen molar-refractivity contribution < 1.29 is 13.2 Å². The number of hydrogen-bond acceptors (Lipinski definition) is 3. The van der Waals surface area contributed by atoms with Crippen molar-refractivity contribution in [3.05, 3.63) is 59.2 Å². The molecule has 1 N–H and O–H groups in total. The van der Waals surface area contributed by atoms with E-state index in [9.17, 15) is 13.2 Å². The van der Waals surface area contributed by atoms with Gasteiger partial charge in [-0.3, -0.25) is 9.10 Å². The van der Waals surface area contributed by atoms with E-state index in [2.05, 4.69) is 19.2 Å². The molecule has 28 heavy (non-hydrogen) atoms. The quantitative estimate of drug-likeness (QED) is 0.680. The van der Waals surface area contributed by atoms with Gasteiger partial charge in [-0.15, -0.1) is 0 Å². The fourth-order valence-electron chi connectivity index (χ4n) is 3.19. The van der Waals surface area contributed by atoms with Gasteiger partial charge in [-0.25, -0.2) is 8.42 Å². The largest absolute Gasteiger partial charge is 0.326 e. The summed E-state index contributed by atoms with van der Waals surface area (Å²) in [6, 6.07) is 13.4. The van der Waals surface area contributed by atoms with Crippen LogP contribution in [0, 0.1) is 6.92 Å². The topological polar surface area (TPSA) is 66.5 Å². The second kappa shape index (κ2) is 9.73. The summed E-state index contributed by atoms with van der Waals surface area (Å²) in [6.07, 6.45) is 3.59. The van der Waals surface area contributed by atoms with Crippen molar-refractivity contribution in [2.24, 2.45) is 0 Å². The van der Waals surface area contributed by atoms with Gasteiger partial charge < -0.3 is 5.32 Å². The zero-order chi connectivity index (χ0) is 20.7. The summed E-state index contributed by atoms with van der Waals surface area (Å²) in [4.78, 5) is 12.5. The molecule has 2 aromatic rings. The number of sulfonamides is 1. The molecule has 5 nitrogen and oxygen atoms in total. The summed E-state index contributed by atoms with van der Waals surface area (Å²) in [6.45, 7) is 6.36. The Labute approximate surface area is 168 Å². The normalized spacial score (nSPS) is 11.3. The van der Waals surface area contributed by atoms with Crippen LogP contribution in [-0.4, -0.2) is 27.1 Å². The maximum absolute atomic E-state index is 12.5. The SMILES string of the molecule is CCc1cccc(CC)c1NC(=O)CCCN(c1ccc(C)cc1)S(C)(=O)=O. The van der Waals surface area contributed by atoms with E-state index in [-0.39, 0.29) is 18.9 Å². The molecule has 0 spiro atoms. The molecule has 2 rings (SSSR count). The number of hydrogen-bond donors (Lipinski definition) is 1. The van der Waals surface area contributed by atoms with Crippen LogP contribution in [0.15, 0.2) is 42.5 Å². The number of nitrogens with one attached hydrogen (secondary N) is 1. The minimum atomic E-state index is -3.41. The Bertz CT molecular complexity index is 884. The standard InChI is InChI=1S/C22H30N2O3S/c1-5-18-9-7-10-19(6-2)22(18)23-21(25)11-8-16-24(28(4,26)27)20-14-12-17(3)13-15-20/h7,9-10,12-15H,5-6,8,11,16H2,1-4H3,(H,23,25). The number of nitrogens with zero attached hydrogens (tertiary/aromatic N) is 1. The van der Waals surface area contributed by atoms with Crippen LogP contribution in [0.5, 0.6) is 0 Å². The van der Waals surface area contributed by atoms with Crippen molar-refractivity contribution in [3.63, 3.8) is 0 Å². The Kier molecular flexibility index (Phi) is 7.63. The minimum Gasteiger partial charge on any atom is -0.326 e. The van der Waals surface area contributed by atoms with Gasteiger partial charge in [0.25, 0.3) is 0 Å². The Hall–Kier alpha value is -2.34. The molecule has 0 aliphatic carbocycles. The number of benzene rings is 2. The second-order valence-corrected chi connectivity index (χ2v) is 8.89. The van der Waals surface area contributed by atoms with Crippen molar-refractivity contribution in [3.8, 4) is 0 Å². The zero-order valence-corrected chi connectivity index (χ0v) is 18.0. The first-order valence-electron chi connectivity index (χ1n) is 9.71.